The van der Waals surface area contributed by atoms with Crippen LogP contribution in [0.4, 0.5) is 0 Å². The van der Waals surface area contributed by atoms with E-state index in [1.165, 1.54) is 4.68 Å². The van der Waals surface area contributed by atoms with E-state index in [9.17, 15) is 9.59 Å². The molecule has 2 aromatic rings. The molecule has 1 aromatic carbocycles. The lowest BCUT2D eigenvalue weighted by molar-refractivity contribution is -0.122. The minimum atomic E-state index is -0.211. The van der Waals surface area contributed by atoms with Gasteiger partial charge in [0, 0.05) is 37.6 Å². The van der Waals surface area contributed by atoms with Crippen LogP contribution in [0, 0.1) is 0 Å². The molecule has 1 amide bonds. The first-order chi connectivity index (χ1) is 14.6. The van der Waals surface area contributed by atoms with Crippen molar-refractivity contribution >= 4 is 17.5 Å². The first kappa shape index (κ1) is 21.1. The van der Waals surface area contributed by atoms with E-state index in [-0.39, 0.29) is 24.2 Å². The Morgan fingerprint density at radius 1 is 1.13 bits per heavy atom. The van der Waals surface area contributed by atoms with Crippen LogP contribution in [0.25, 0.3) is 0 Å². The van der Waals surface area contributed by atoms with Gasteiger partial charge in [0.1, 0.15) is 12.4 Å². The molecular weight excluding hydrogens is 406 g/mol. The smallest absolute Gasteiger partial charge is 0.346 e. The molecule has 2 aliphatic rings. The summed E-state index contributed by atoms with van der Waals surface area (Å²) in [5.41, 5.74) is 0.900. The molecule has 4 rings (SSSR count). The monoisotopic (exact) mass is 433 g/mol. The number of hydrogen-bond acceptors (Lipinski definition) is 5. The number of nitrogens with one attached hydrogen (secondary N) is 1. The van der Waals surface area contributed by atoms with Gasteiger partial charge in [0.2, 0.25) is 5.91 Å². The lowest BCUT2D eigenvalue weighted by atomic mass is 10.0. The number of aromatic nitrogens is 3. The standard InChI is InChI=1S/C21H28ClN5O3/c22-17-7-5-16(6-8-17)18(25-10-12-30-13-11-25)14-23-20(28)15-27-21(29)26-9-3-1-2-4-19(26)24-27/h5-8,18H,1-4,9-15H2,(H,23,28). The van der Waals surface area contributed by atoms with Gasteiger partial charge < -0.3 is 10.1 Å². The molecule has 30 heavy (non-hydrogen) atoms. The highest BCUT2D eigenvalue weighted by molar-refractivity contribution is 6.30. The molecule has 0 spiro atoms. The summed E-state index contributed by atoms with van der Waals surface area (Å²) in [4.78, 5) is 27.5. The van der Waals surface area contributed by atoms with Crippen LogP contribution in [-0.2, 0) is 29.0 Å². The summed E-state index contributed by atoms with van der Waals surface area (Å²) >= 11 is 6.04. The van der Waals surface area contributed by atoms with Gasteiger partial charge in [-0.1, -0.05) is 30.2 Å². The number of benzene rings is 1. The summed E-state index contributed by atoms with van der Waals surface area (Å²) in [6.07, 6.45) is 3.91. The quantitative estimate of drug-likeness (QED) is 0.748. The zero-order valence-corrected chi connectivity index (χ0v) is 17.8. The van der Waals surface area contributed by atoms with Crippen molar-refractivity contribution in [2.24, 2.45) is 0 Å². The van der Waals surface area contributed by atoms with E-state index >= 15 is 0 Å². The number of ether oxygens (including phenoxy) is 1. The summed E-state index contributed by atoms with van der Waals surface area (Å²) in [6.45, 7) is 4.03. The Bertz CT molecular complexity index is 918. The fraction of sp³-hybridized carbons (Fsp3) is 0.571. The Kier molecular flexibility index (Phi) is 6.86. The number of carbonyl (C=O) groups is 1. The van der Waals surface area contributed by atoms with E-state index in [0.29, 0.717) is 31.3 Å². The average molecular weight is 434 g/mol. The topological polar surface area (TPSA) is 81.4 Å². The first-order valence-corrected chi connectivity index (χ1v) is 11.0. The minimum absolute atomic E-state index is 0.0190. The number of morpholine rings is 1. The van der Waals surface area contributed by atoms with Gasteiger partial charge >= 0.3 is 5.69 Å². The molecule has 0 aliphatic carbocycles. The van der Waals surface area contributed by atoms with Crippen LogP contribution >= 0.6 is 11.6 Å². The van der Waals surface area contributed by atoms with Crippen LogP contribution in [-0.4, -0.2) is 58.0 Å². The molecule has 9 heteroatoms. The van der Waals surface area contributed by atoms with Gasteiger partial charge in [-0.25, -0.2) is 9.48 Å². The predicted octanol–water partition coefficient (Wildman–Crippen LogP) is 1.61. The molecule has 0 bridgehead atoms. The summed E-state index contributed by atoms with van der Waals surface area (Å²) in [6, 6.07) is 7.73. The van der Waals surface area contributed by atoms with Crippen molar-refractivity contribution in [3.05, 3.63) is 51.2 Å². The van der Waals surface area contributed by atoms with Gasteiger partial charge in [0.15, 0.2) is 0 Å². The molecule has 0 radical (unpaired) electrons. The summed E-state index contributed by atoms with van der Waals surface area (Å²) in [5.74, 6) is 0.579. The van der Waals surface area contributed by atoms with Crippen molar-refractivity contribution in [3.8, 4) is 0 Å². The molecule has 8 nitrogen and oxygen atoms in total. The second-order valence-electron chi connectivity index (χ2n) is 7.84. The normalized spacial score (nSPS) is 18.4. The van der Waals surface area contributed by atoms with Crippen LogP contribution in [0.5, 0.6) is 0 Å². The summed E-state index contributed by atoms with van der Waals surface area (Å²) in [7, 11) is 0. The Morgan fingerprint density at radius 3 is 2.67 bits per heavy atom. The zero-order valence-electron chi connectivity index (χ0n) is 17.1. The number of aryl methyl sites for hydroxylation is 1. The van der Waals surface area contributed by atoms with Crippen LogP contribution in [0.1, 0.15) is 36.7 Å². The minimum Gasteiger partial charge on any atom is -0.379 e. The number of carbonyl (C=O) groups excluding carboxylic acids is 1. The molecule has 2 aliphatic heterocycles. The molecule has 1 saturated heterocycles. The Labute approximate surface area is 180 Å². The lowest BCUT2D eigenvalue weighted by Gasteiger charge is -2.35. The van der Waals surface area contributed by atoms with Crippen molar-refractivity contribution in [1.29, 1.82) is 0 Å². The SMILES string of the molecule is O=C(Cn1nc2n(c1=O)CCCCC2)NCC(c1ccc(Cl)cc1)N1CCOCC1. The maximum atomic E-state index is 12.6. The van der Waals surface area contributed by atoms with Crippen molar-refractivity contribution in [2.75, 3.05) is 32.8 Å². The van der Waals surface area contributed by atoms with Crippen LogP contribution in [0.15, 0.2) is 29.1 Å². The van der Waals surface area contributed by atoms with Crippen molar-refractivity contribution in [2.45, 2.75) is 44.8 Å². The average Bonchev–Trinajstić information content (AvgIpc) is 2.92. The lowest BCUT2D eigenvalue weighted by Crippen LogP contribution is -2.44. The largest absolute Gasteiger partial charge is 0.379 e. The van der Waals surface area contributed by atoms with Crippen LogP contribution in [0.3, 0.4) is 0 Å². The van der Waals surface area contributed by atoms with Gasteiger partial charge in [0.25, 0.3) is 0 Å². The fourth-order valence-corrected chi connectivity index (χ4v) is 4.29. The highest BCUT2D eigenvalue weighted by Crippen LogP contribution is 2.23. The Morgan fingerprint density at radius 2 is 1.90 bits per heavy atom. The maximum Gasteiger partial charge on any atom is 0.346 e. The number of amides is 1. The number of hydrogen-bond donors (Lipinski definition) is 1. The first-order valence-electron chi connectivity index (χ1n) is 10.6. The Balaban J connectivity index is 1.42. The van der Waals surface area contributed by atoms with Crippen molar-refractivity contribution in [1.82, 2.24) is 24.6 Å². The van der Waals surface area contributed by atoms with Gasteiger partial charge in [0.05, 0.1) is 19.3 Å². The van der Waals surface area contributed by atoms with E-state index in [1.807, 2.05) is 24.3 Å². The van der Waals surface area contributed by atoms with Gasteiger partial charge in [-0.05, 0) is 30.5 Å². The van der Waals surface area contributed by atoms with Gasteiger partial charge in [-0.3, -0.25) is 14.3 Å². The molecule has 1 atom stereocenters. The third kappa shape index (κ3) is 4.94. The highest BCUT2D eigenvalue weighted by atomic mass is 35.5. The third-order valence-corrected chi connectivity index (χ3v) is 6.06. The molecular formula is C21H28ClN5O3. The van der Waals surface area contributed by atoms with Crippen LogP contribution < -0.4 is 11.0 Å². The van der Waals surface area contributed by atoms with E-state index in [1.54, 1.807) is 4.57 Å². The molecule has 1 fully saturated rings. The van der Waals surface area contributed by atoms with E-state index in [0.717, 1.165) is 50.2 Å². The van der Waals surface area contributed by atoms with Gasteiger partial charge in [-0.2, -0.15) is 5.10 Å². The summed E-state index contributed by atoms with van der Waals surface area (Å²) < 4.78 is 8.48. The van der Waals surface area contributed by atoms with Gasteiger partial charge in [-0.15, -0.1) is 0 Å². The fourth-order valence-electron chi connectivity index (χ4n) is 4.16. The zero-order chi connectivity index (χ0) is 20.9. The maximum absolute atomic E-state index is 12.6. The summed E-state index contributed by atoms with van der Waals surface area (Å²) in [5, 5.41) is 8.08. The second-order valence-corrected chi connectivity index (χ2v) is 8.27. The second kappa shape index (κ2) is 9.76. The molecule has 1 unspecified atom stereocenters. The van der Waals surface area contributed by atoms with E-state index in [2.05, 4.69) is 15.3 Å². The number of halogens is 1. The third-order valence-electron chi connectivity index (χ3n) is 5.81. The van der Waals surface area contributed by atoms with E-state index in [4.69, 9.17) is 16.3 Å². The van der Waals surface area contributed by atoms with Crippen molar-refractivity contribution in [3.63, 3.8) is 0 Å². The Hall–Kier alpha value is -2.16. The molecule has 1 N–H and O–H groups in total. The number of fused-ring (bicyclic) bond motifs is 1. The molecule has 1 aromatic heterocycles. The molecule has 3 heterocycles. The number of rotatable bonds is 6. The highest BCUT2D eigenvalue weighted by Gasteiger charge is 2.24. The van der Waals surface area contributed by atoms with Crippen molar-refractivity contribution < 1.29 is 9.53 Å². The molecule has 162 valence electrons. The number of nitrogens with zero attached hydrogens (tertiary/aromatic N) is 4. The van der Waals surface area contributed by atoms with Crippen LogP contribution in [0.2, 0.25) is 5.02 Å². The predicted molar refractivity (Wildman–Crippen MR) is 114 cm³/mol. The van der Waals surface area contributed by atoms with E-state index < -0.39 is 0 Å². The molecule has 0 saturated carbocycles.